The Morgan fingerprint density at radius 3 is 1.28 bits per heavy atom. The molecule has 1 aromatic rings. The Kier molecular flexibility index (Phi) is 39.8. The summed E-state index contributed by atoms with van der Waals surface area (Å²) in [6.07, 6.45) is -4.91. The summed E-state index contributed by atoms with van der Waals surface area (Å²) >= 11 is 0. The van der Waals surface area contributed by atoms with Crippen LogP contribution in [0.25, 0.3) is 0 Å². The van der Waals surface area contributed by atoms with Crippen LogP contribution in [0.1, 0.15) is 139 Å². The number of nitrogens with one attached hydrogen (secondary N) is 13. The molecule has 0 heterocycles. The predicted octanol–water partition coefficient (Wildman–Crippen LogP) is -5.79. The zero-order valence-corrected chi connectivity index (χ0v) is 59.1. The second-order valence-corrected chi connectivity index (χ2v) is 25.8. The van der Waals surface area contributed by atoms with Crippen LogP contribution in [0.2, 0.25) is 0 Å². The topological polar surface area (TPSA) is 637 Å². The zero-order valence-electron chi connectivity index (χ0n) is 59.1. The first-order chi connectivity index (χ1) is 48.0. The second kappa shape index (κ2) is 45.3. The Labute approximate surface area is 593 Å². The number of primary amides is 1. The van der Waals surface area contributed by atoms with E-state index in [1.807, 2.05) is 0 Å². The van der Waals surface area contributed by atoms with E-state index in [0.29, 0.717) is 5.56 Å². The van der Waals surface area contributed by atoms with Gasteiger partial charge in [0.2, 0.25) is 82.7 Å². The number of aromatic hydroxyl groups is 1. The van der Waals surface area contributed by atoms with E-state index in [2.05, 4.69) is 69.1 Å². The van der Waals surface area contributed by atoms with Gasteiger partial charge in [0.05, 0.1) is 32.2 Å². The molecule has 13 atom stereocenters. The number of carbonyl (C=O) groups excluding carboxylic acids is 14. The minimum Gasteiger partial charge on any atom is -0.508 e. The fraction of sp³-hybridized carbons (Fsp3) is 0.625. The second-order valence-electron chi connectivity index (χ2n) is 25.8. The summed E-state index contributed by atoms with van der Waals surface area (Å²) in [4.78, 5) is 235. The van der Waals surface area contributed by atoms with Crippen molar-refractivity contribution >= 4 is 107 Å². The van der Waals surface area contributed by atoms with Crippen molar-refractivity contribution < 1.29 is 117 Å². The summed E-state index contributed by atoms with van der Waals surface area (Å²) in [6.45, 7) is 12.7. The van der Waals surface area contributed by atoms with Crippen molar-refractivity contribution in [3.05, 3.63) is 29.8 Å². The minimum atomic E-state index is -2.01. The molecule has 103 heavy (non-hydrogen) atoms. The van der Waals surface area contributed by atoms with Crippen molar-refractivity contribution in [3.8, 4) is 5.75 Å². The number of hydrogen-bond acceptors (Lipinski definition) is 21. The van der Waals surface area contributed by atoms with Crippen molar-refractivity contribution in [2.75, 3.05) is 19.7 Å². The van der Waals surface area contributed by atoms with Crippen LogP contribution in [0.3, 0.4) is 0 Å². The third kappa shape index (κ3) is 35.0. The lowest BCUT2D eigenvalue weighted by atomic mass is 9.97. The van der Waals surface area contributed by atoms with E-state index in [1.54, 1.807) is 41.5 Å². The van der Waals surface area contributed by atoms with Gasteiger partial charge < -0.3 is 111 Å². The predicted molar refractivity (Wildman–Crippen MR) is 361 cm³/mol. The molecule has 39 heteroatoms. The average molecular weight is 1460 g/mol. The third-order valence-electron chi connectivity index (χ3n) is 15.5. The molecule has 39 nitrogen and oxygen atoms in total. The van der Waals surface area contributed by atoms with Crippen LogP contribution in [-0.2, 0) is 92.7 Å². The van der Waals surface area contributed by atoms with Crippen LogP contribution >= 0.6 is 0 Å². The molecule has 0 saturated heterocycles. The van der Waals surface area contributed by atoms with Crippen molar-refractivity contribution in [3.63, 3.8) is 0 Å². The minimum absolute atomic E-state index is 0.0823. The number of nitrogens with two attached hydrogens (primary N) is 2. The normalized spacial score (nSPS) is 14.9. The van der Waals surface area contributed by atoms with Crippen LogP contribution in [0.4, 0.5) is 0 Å². The molecule has 0 unspecified atom stereocenters. The first-order valence-corrected chi connectivity index (χ1v) is 33.2. The maximum Gasteiger partial charge on any atom is 0.328 e. The molecule has 1 rings (SSSR count). The third-order valence-corrected chi connectivity index (χ3v) is 15.5. The number of aliphatic hydroxyl groups is 1. The highest BCUT2D eigenvalue weighted by Gasteiger charge is 2.38. The number of carboxylic acid groups (broad SMARTS) is 4. The number of rotatable bonds is 48. The fourth-order valence-electron chi connectivity index (χ4n) is 9.52. The maximum atomic E-state index is 14.5. The maximum absolute atomic E-state index is 14.5. The average Bonchev–Trinajstić information content (AvgIpc) is 0.854. The van der Waals surface area contributed by atoms with E-state index in [1.165, 1.54) is 52.0 Å². The lowest BCUT2D eigenvalue weighted by Crippen LogP contribution is -2.61. The summed E-state index contributed by atoms with van der Waals surface area (Å²) in [5.41, 5.74) is 11.3. The Bertz CT molecular complexity index is 3170. The quantitative estimate of drug-likeness (QED) is 0.0289. The van der Waals surface area contributed by atoms with Gasteiger partial charge in [-0.3, -0.25) is 81.5 Å². The molecule has 576 valence electrons. The van der Waals surface area contributed by atoms with Gasteiger partial charge >= 0.3 is 23.9 Å². The number of benzene rings is 1. The SMILES string of the molecule is CC[C@H](C)[C@H](NC(=O)CNC(=O)CNC(=O)[C@H](CC(C)C)NC(=O)[C@H](CCC(=O)O)NC(=O)[C@H](C)NC(=O)[C@H](CCC(=O)O)NC(=O)[C@H](C)N)C(=O)N[C@@H](Cc1ccc(O)cc1)C(=O)N[C@@H](CCC(N)=O)C(=O)N[C@@H](CC(=O)O)C(=O)N[C@@H](CC(C)C)C(=O)N[C@H](C(=O)N[C@@H](CO)C(=O)O)C(C)C. The van der Waals surface area contributed by atoms with Crippen molar-refractivity contribution in [2.24, 2.45) is 35.1 Å². The van der Waals surface area contributed by atoms with E-state index in [4.69, 9.17) is 16.6 Å². The van der Waals surface area contributed by atoms with Crippen molar-refractivity contribution in [1.82, 2.24) is 69.1 Å². The molecule has 0 radical (unpaired) electrons. The number of aliphatic carboxylic acids is 4. The Hall–Kier alpha value is -10.6. The van der Waals surface area contributed by atoms with Crippen LogP contribution < -0.4 is 80.6 Å². The van der Waals surface area contributed by atoms with Crippen LogP contribution in [-0.4, -0.2) is 229 Å². The number of aliphatic hydroxyl groups excluding tert-OH is 1. The molecule has 0 bridgehead atoms. The molecular formula is C64H101N15O24. The van der Waals surface area contributed by atoms with Crippen molar-refractivity contribution in [1.29, 1.82) is 0 Å². The number of hydrogen-bond donors (Lipinski definition) is 21. The Morgan fingerprint density at radius 1 is 0.417 bits per heavy atom. The van der Waals surface area contributed by atoms with Gasteiger partial charge in [-0.2, -0.15) is 0 Å². The molecule has 1 aromatic carbocycles. The highest BCUT2D eigenvalue weighted by atomic mass is 16.4. The van der Waals surface area contributed by atoms with Crippen LogP contribution in [0, 0.1) is 23.7 Å². The molecule has 0 aliphatic rings. The molecule has 0 aromatic heterocycles. The molecule has 0 saturated carbocycles. The summed E-state index contributed by atoms with van der Waals surface area (Å²) < 4.78 is 0. The number of carbonyl (C=O) groups is 18. The Morgan fingerprint density at radius 2 is 0.825 bits per heavy atom. The number of phenols is 1. The summed E-state index contributed by atoms with van der Waals surface area (Å²) in [6, 6.07) is -13.5. The number of carboxylic acids is 4. The fourth-order valence-corrected chi connectivity index (χ4v) is 9.52. The van der Waals surface area contributed by atoms with Gasteiger partial charge in [0, 0.05) is 25.7 Å². The molecule has 0 spiro atoms. The van der Waals surface area contributed by atoms with Gasteiger partial charge in [-0.05, 0) is 87.3 Å². The smallest absolute Gasteiger partial charge is 0.328 e. The standard InChI is InChI=1S/C64H101N15O24/c1-11-32(8)52(78-47(84)27-67-46(83)26-68-55(93)40(22-29(2)3)73-58(96)39(18-21-49(87)88)71-54(92)34(10)69-56(94)38(17-20-48(85)86)70-53(91)33(9)65)63(101)76-42(24-35-12-14-36(81)15-13-35)59(97)72-37(16-19-45(66)82)57(95)75-43(25-50(89)90)60(98)74-41(23-30(4)5)61(99)79-51(31(6)7)62(100)77-44(28-80)64(102)103/h12-15,29-34,37-44,51-52,80-81H,11,16-28,65H2,1-10H3,(H2,66,82)(H,67,83)(H,68,93)(H,69,94)(H,70,91)(H,71,92)(H,72,97)(H,73,96)(H,74,98)(H,75,95)(H,76,101)(H,77,100)(H,78,84)(H,79,99)(H,85,86)(H,87,88)(H,89,90)(H,102,103)/t32-,33-,34-,37-,38-,39-,40-,41-,42-,43-,44-,51-,52-/m0/s1. The van der Waals surface area contributed by atoms with Gasteiger partial charge in [0.1, 0.15) is 72.2 Å². The molecular weight excluding hydrogens is 1360 g/mol. The number of phenolic OH excluding ortho intramolecular Hbond substituents is 1. The Balaban J connectivity index is 3.45. The highest BCUT2D eigenvalue weighted by Crippen LogP contribution is 2.16. The molecule has 23 N–H and O–H groups in total. The molecule has 0 fully saturated rings. The lowest BCUT2D eigenvalue weighted by molar-refractivity contribution is -0.144. The highest BCUT2D eigenvalue weighted by molar-refractivity contribution is 6.00. The van der Waals surface area contributed by atoms with E-state index in [9.17, 15) is 112 Å². The summed E-state index contributed by atoms with van der Waals surface area (Å²) in [5, 5.41) is 87.8. The summed E-state index contributed by atoms with van der Waals surface area (Å²) in [7, 11) is 0. The largest absolute Gasteiger partial charge is 0.508 e. The van der Waals surface area contributed by atoms with Crippen LogP contribution in [0.5, 0.6) is 5.75 Å². The van der Waals surface area contributed by atoms with Gasteiger partial charge in [-0.1, -0.05) is 73.9 Å². The summed E-state index contributed by atoms with van der Waals surface area (Å²) in [5.74, 6) is -22.6. The van der Waals surface area contributed by atoms with Gasteiger partial charge in [-0.15, -0.1) is 0 Å². The van der Waals surface area contributed by atoms with E-state index in [0.717, 1.165) is 0 Å². The molecule has 0 aliphatic heterocycles. The van der Waals surface area contributed by atoms with Gasteiger partial charge in [-0.25, -0.2) is 4.79 Å². The molecule has 14 amide bonds. The van der Waals surface area contributed by atoms with Crippen molar-refractivity contribution in [2.45, 2.75) is 212 Å². The number of amides is 14. The van der Waals surface area contributed by atoms with E-state index < -0.39 is 256 Å². The first kappa shape index (κ1) is 90.4. The lowest BCUT2D eigenvalue weighted by Gasteiger charge is -2.29. The monoisotopic (exact) mass is 1460 g/mol. The van der Waals surface area contributed by atoms with Gasteiger partial charge in [0.15, 0.2) is 0 Å². The first-order valence-electron chi connectivity index (χ1n) is 33.2. The van der Waals surface area contributed by atoms with E-state index in [-0.39, 0.29) is 43.3 Å². The molecule has 0 aliphatic carbocycles. The van der Waals surface area contributed by atoms with E-state index >= 15 is 0 Å². The zero-order chi connectivity index (χ0) is 78.7. The van der Waals surface area contributed by atoms with Crippen LogP contribution in [0.15, 0.2) is 24.3 Å². The van der Waals surface area contributed by atoms with Gasteiger partial charge in [0.25, 0.3) is 0 Å².